The zero-order valence-electron chi connectivity index (χ0n) is 14.4. The van der Waals surface area contributed by atoms with E-state index in [1.54, 1.807) is 11.8 Å². The summed E-state index contributed by atoms with van der Waals surface area (Å²) in [6.07, 6.45) is 5.81. The number of rotatable bonds is 5. The van der Waals surface area contributed by atoms with Crippen LogP contribution in [0.2, 0.25) is 0 Å². The first-order valence-corrected chi connectivity index (χ1v) is 10.8. The quantitative estimate of drug-likeness (QED) is 0.645. The average Bonchev–Trinajstić information content (AvgIpc) is 2.79. The van der Waals surface area contributed by atoms with Gasteiger partial charge in [0.2, 0.25) is 0 Å². The predicted octanol–water partition coefficient (Wildman–Crippen LogP) is 6.16. The van der Waals surface area contributed by atoms with Gasteiger partial charge in [0.1, 0.15) is 5.75 Å². The van der Waals surface area contributed by atoms with Crippen LogP contribution in [-0.4, -0.2) is 23.7 Å². The number of aromatic hydroxyl groups is 1. The molecule has 1 heterocycles. The molecule has 1 aliphatic heterocycles. The molecule has 0 spiro atoms. The van der Waals surface area contributed by atoms with Crippen molar-refractivity contribution < 1.29 is 5.11 Å². The Balaban J connectivity index is 2.01. The Kier molecular flexibility index (Phi) is 6.01. The summed E-state index contributed by atoms with van der Waals surface area (Å²) in [7, 11) is 0. The molecule has 2 nitrogen and oxygen atoms in total. The summed E-state index contributed by atoms with van der Waals surface area (Å²) in [6.45, 7) is 3.30. The monoisotopic (exact) mass is 359 g/mol. The van der Waals surface area contributed by atoms with Crippen LogP contribution in [0.3, 0.4) is 0 Å². The molecule has 1 N–H and O–H groups in total. The van der Waals surface area contributed by atoms with E-state index in [0.29, 0.717) is 11.7 Å². The van der Waals surface area contributed by atoms with E-state index in [2.05, 4.69) is 48.2 Å². The van der Waals surface area contributed by atoms with E-state index in [-0.39, 0.29) is 0 Å². The number of phenols is 1. The van der Waals surface area contributed by atoms with Crippen LogP contribution in [0.4, 0.5) is 11.4 Å². The summed E-state index contributed by atoms with van der Waals surface area (Å²) in [6, 6.07) is 14.7. The molecule has 0 amide bonds. The van der Waals surface area contributed by atoms with Crippen molar-refractivity contribution in [3.63, 3.8) is 0 Å². The number of hydrogen-bond acceptors (Lipinski definition) is 4. The van der Waals surface area contributed by atoms with Gasteiger partial charge >= 0.3 is 0 Å². The number of para-hydroxylation sites is 1. The first-order chi connectivity index (χ1) is 11.7. The van der Waals surface area contributed by atoms with E-state index in [9.17, 15) is 5.11 Å². The van der Waals surface area contributed by atoms with Crippen LogP contribution in [0, 0.1) is 5.92 Å². The Labute approximate surface area is 153 Å². The largest absolute Gasteiger partial charge is 0.507 e. The molecule has 1 atom stereocenters. The molecule has 0 radical (unpaired) electrons. The number of phenolic OH excluding ortho intramolecular Hbond substituents is 1. The van der Waals surface area contributed by atoms with Gasteiger partial charge in [0.15, 0.2) is 0 Å². The van der Waals surface area contributed by atoms with Crippen LogP contribution in [-0.2, 0) is 0 Å². The Bertz CT molecular complexity index is 675. The molecule has 0 saturated heterocycles. The standard InChI is InChI=1S/C20H25NOS2/c1-3-4-8-15-13-21(16-9-6-5-7-10-16)17-11-20(23-2)18(22)12-19(17)24-14-15/h5-7,9-12,15,22H,3-4,8,13-14H2,1-2H3/t15-/m0/s1. The van der Waals surface area contributed by atoms with Gasteiger partial charge in [-0.25, -0.2) is 0 Å². The van der Waals surface area contributed by atoms with E-state index in [1.807, 2.05) is 24.1 Å². The Morgan fingerprint density at radius 2 is 2.04 bits per heavy atom. The van der Waals surface area contributed by atoms with Gasteiger partial charge in [0.05, 0.1) is 10.6 Å². The summed E-state index contributed by atoms with van der Waals surface area (Å²) < 4.78 is 0. The fourth-order valence-electron chi connectivity index (χ4n) is 3.17. The van der Waals surface area contributed by atoms with Crippen molar-refractivity contribution in [2.45, 2.75) is 36.0 Å². The van der Waals surface area contributed by atoms with Crippen LogP contribution < -0.4 is 4.90 Å². The number of benzene rings is 2. The molecule has 0 bridgehead atoms. The summed E-state index contributed by atoms with van der Waals surface area (Å²) in [5, 5.41) is 10.3. The van der Waals surface area contributed by atoms with Crippen LogP contribution in [0.15, 0.2) is 52.3 Å². The molecular weight excluding hydrogens is 334 g/mol. The number of nitrogens with zero attached hydrogens (tertiary/aromatic N) is 1. The fourth-order valence-corrected chi connectivity index (χ4v) is 4.86. The number of unbranched alkanes of at least 4 members (excludes halogenated alkanes) is 1. The summed E-state index contributed by atoms with van der Waals surface area (Å²) >= 11 is 3.49. The zero-order chi connectivity index (χ0) is 16.9. The number of thioether (sulfide) groups is 2. The molecule has 0 saturated carbocycles. The lowest BCUT2D eigenvalue weighted by molar-refractivity contribution is 0.461. The SMILES string of the molecule is CCCC[C@@H]1CSc2cc(O)c(SC)cc2N(c2ccccc2)C1. The molecule has 24 heavy (non-hydrogen) atoms. The molecule has 3 rings (SSSR count). The van der Waals surface area contributed by atoms with E-state index in [4.69, 9.17) is 0 Å². The zero-order valence-corrected chi connectivity index (χ0v) is 16.0. The van der Waals surface area contributed by atoms with Crippen molar-refractivity contribution in [2.75, 3.05) is 23.5 Å². The second-order valence-electron chi connectivity index (χ2n) is 6.26. The highest BCUT2D eigenvalue weighted by atomic mass is 32.2. The minimum absolute atomic E-state index is 0.397. The van der Waals surface area contributed by atoms with Crippen molar-refractivity contribution in [3.8, 4) is 5.75 Å². The molecule has 0 aromatic heterocycles. The molecule has 2 aromatic rings. The molecule has 0 aliphatic carbocycles. The smallest absolute Gasteiger partial charge is 0.130 e. The molecule has 0 fully saturated rings. The van der Waals surface area contributed by atoms with Crippen LogP contribution in [0.5, 0.6) is 5.75 Å². The van der Waals surface area contributed by atoms with E-state index in [0.717, 1.165) is 17.2 Å². The molecular formula is C20H25NOS2. The van der Waals surface area contributed by atoms with Gasteiger partial charge in [-0.3, -0.25) is 0 Å². The van der Waals surface area contributed by atoms with Crippen molar-refractivity contribution in [3.05, 3.63) is 42.5 Å². The predicted molar refractivity (Wildman–Crippen MR) is 107 cm³/mol. The lowest BCUT2D eigenvalue weighted by atomic mass is 10.0. The number of anilines is 2. The second kappa shape index (κ2) is 8.21. The maximum absolute atomic E-state index is 10.3. The average molecular weight is 360 g/mol. The minimum Gasteiger partial charge on any atom is -0.507 e. The normalized spacial score (nSPS) is 17.4. The molecule has 2 aromatic carbocycles. The van der Waals surface area contributed by atoms with Gasteiger partial charge < -0.3 is 10.0 Å². The van der Waals surface area contributed by atoms with Crippen molar-refractivity contribution in [2.24, 2.45) is 5.92 Å². The highest BCUT2D eigenvalue weighted by Gasteiger charge is 2.24. The van der Waals surface area contributed by atoms with E-state index in [1.165, 1.54) is 35.5 Å². The van der Waals surface area contributed by atoms with Gasteiger partial charge in [-0.15, -0.1) is 23.5 Å². The van der Waals surface area contributed by atoms with Gasteiger partial charge in [-0.05, 0) is 42.9 Å². The first-order valence-electron chi connectivity index (χ1n) is 8.59. The fraction of sp³-hybridized carbons (Fsp3) is 0.400. The van der Waals surface area contributed by atoms with Gasteiger partial charge in [0.25, 0.3) is 0 Å². The van der Waals surface area contributed by atoms with Crippen LogP contribution in [0.1, 0.15) is 26.2 Å². The third-order valence-corrected chi connectivity index (χ3v) is 6.54. The van der Waals surface area contributed by atoms with Gasteiger partial charge in [-0.2, -0.15) is 0 Å². The molecule has 0 unspecified atom stereocenters. The minimum atomic E-state index is 0.397. The van der Waals surface area contributed by atoms with Crippen molar-refractivity contribution in [1.29, 1.82) is 0 Å². The lowest BCUT2D eigenvalue weighted by Gasteiger charge is -2.28. The maximum atomic E-state index is 10.3. The van der Waals surface area contributed by atoms with Crippen molar-refractivity contribution in [1.82, 2.24) is 0 Å². The summed E-state index contributed by atoms with van der Waals surface area (Å²) in [5.41, 5.74) is 2.47. The number of fused-ring (bicyclic) bond motifs is 1. The van der Waals surface area contributed by atoms with Gasteiger partial charge in [0, 0.05) is 22.9 Å². The Morgan fingerprint density at radius 1 is 1.25 bits per heavy atom. The highest BCUT2D eigenvalue weighted by Crippen LogP contribution is 2.44. The number of hydrogen-bond donors (Lipinski definition) is 1. The van der Waals surface area contributed by atoms with Crippen molar-refractivity contribution >= 4 is 34.9 Å². The molecule has 4 heteroatoms. The highest BCUT2D eigenvalue weighted by molar-refractivity contribution is 7.99. The Hall–Kier alpha value is -1.26. The van der Waals surface area contributed by atoms with E-state index >= 15 is 0 Å². The van der Waals surface area contributed by atoms with E-state index < -0.39 is 0 Å². The Morgan fingerprint density at radius 3 is 2.75 bits per heavy atom. The third kappa shape index (κ3) is 3.86. The van der Waals surface area contributed by atoms with Gasteiger partial charge in [-0.1, -0.05) is 38.0 Å². The summed E-state index contributed by atoms with van der Waals surface area (Å²) in [5.74, 6) is 2.19. The lowest BCUT2D eigenvalue weighted by Crippen LogP contribution is -2.25. The molecule has 1 aliphatic rings. The third-order valence-electron chi connectivity index (χ3n) is 4.50. The maximum Gasteiger partial charge on any atom is 0.130 e. The summed E-state index contributed by atoms with van der Waals surface area (Å²) in [4.78, 5) is 4.57. The first kappa shape index (κ1) is 17.6. The van der Waals surface area contributed by atoms with Crippen LogP contribution in [0.25, 0.3) is 0 Å². The second-order valence-corrected chi connectivity index (χ2v) is 8.17. The van der Waals surface area contributed by atoms with Crippen LogP contribution >= 0.6 is 23.5 Å². The molecule has 128 valence electrons. The topological polar surface area (TPSA) is 23.5 Å².